The van der Waals surface area contributed by atoms with E-state index in [1.54, 1.807) is 0 Å². The zero-order valence-corrected chi connectivity index (χ0v) is 16.5. The molecule has 1 heterocycles. The third-order valence-electron chi connectivity index (χ3n) is 5.05. The van der Waals surface area contributed by atoms with Crippen molar-refractivity contribution < 1.29 is 19.7 Å². The predicted octanol–water partition coefficient (Wildman–Crippen LogP) is 5.81. The molecule has 1 atom stereocenters. The molecule has 0 aromatic heterocycles. The van der Waals surface area contributed by atoms with Crippen molar-refractivity contribution in [3.8, 4) is 11.5 Å². The van der Waals surface area contributed by atoms with E-state index in [0.717, 1.165) is 38.5 Å². The van der Waals surface area contributed by atoms with Crippen LogP contribution in [0.5, 0.6) is 11.5 Å². The summed E-state index contributed by atoms with van der Waals surface area (Å²) in [6.45, 7) is 8.58. The highest BCUT2D eigenvalue weighted by molar-refractivity contribution is 5.95. The lowest BCUT2D eigenvalue weighted by atomic mass is 9.90. The maximum Gasteiger partial charge on any atom is 0.339 e. The van der Waals surface area contributed by atoms with Gasteiger partial charge in [-0.25, -0.2) is 4.79 Å². The molecule has 2 rings (SSSR count). The van der Waals surface area contributed by atoms with Crippen LogP contribution in [0.3, 0.4) is 0 Å². The number of hydrogen-bond acceptors (Lipinski definition) is 3. The molecule has 26 heavy (non-hydrogen) atoms. The van der Waals surface area contributed by atoms with Crippen LogP contribution in [0.4, 0.5) is 0 Å². The summed E-state index contributed by atoms with van der Waals surface area (Å²) in [5.74, 6) is -0.0169. The van der Waals surface area contributed by atoms with E-state index < -0.39 is 11.6 Å². The Morgan fingerprint density at radius 1 is 1.27 bits per heavy atom. The normalized spacial score (nSPS) is 18.7. The summed E-state index contributed by atoms with van der Waals surface area (Å²) in [4.78, 5) is 11.7. The number of aryl methyl sites for hydroxylation is 1. The molecule has 1 unspecified atom stereocenters. The number of phenols is 1. The maximum absolute atomic E-state index is 11.7. The largest absolute Gasteiger partial charge is 0.506 e. The summed E-state index contributed by atoms with van der Waals surface area (Å²) in [6, 6.07) is 1.82. The number of benzene rings is 1. The smallest absolute Gasteiger partial charge is 0.339 e. The van der Waals surface area contributed by atoms with Gasteiger partial charge in [0.1, 0.15) is 22.7 Å². The van der Waals surface area contributed by atoms with Gasteiger partial charge in [-0.1, -0.05) is 40.0 Å². The molecule has 0 fully saturated rings. The Morgan fingerprint density at radius 3 is 2.62 bits per heavy atom. The molecule has 4 nitrogen and oxygen atoms in total. The standard InChI is InChI=1S/C22H32O4/c1-5-6-7-10-16-14-18-17(20(23)19(16)21(24)25)11-13-22(4,26-18)12-8-9-15(2)3/h11,13-15,23H,5-10,12H2,1-4H3,(H,24,25). The second-order valence-electron chi connectivity index (χ2n) is 7.97. The molecule has 0 aliphatic carbocycles. The fraction of sp³-hybridized carbons (Fsp3) is 0.591. The molecule has 1 aliphatic heterocycles. The van der Waals surface area contributed by atoms with Crippen molar-refractivity contribution in [1.82, 2.24) is 0 Å². The molecule has 0 saturated heterocycles. The second-order valence-corrected chi connectivity index (χ2v) is 7.97. The van der Waals surface area contributed by atoms with Crippen molar-refractivity contribution in [3.63, 3.8) is 0 Å². The van der Waals surface area contributed by atoms with Crippen LogP contribution in [0.2, 0.25) is 0 Å². The molecular weight excluding hydrogens is 328 g/mol. The number of carbonyl (C=O) groups is 1. The molecule has 0 bridgehead atoms. The average molecular weight is 360 g/mol. The van der Waals surface area contributed by atoms with Crippen molar-refractivity contribution in [1.29, 1.82) is 0 Å². The van der Waals surface area contributed by atoms with Gasteiger partial charge >= 0.3 is 5.97 Å². The molecular formula is C22H32O4. The van der Waals surface area contributed by atoms with E-state index in [4.69, 9.17) is 4.74 Å². The van der Waals surface area contributed by atoms with Gasteiger partial charge < -0.3 is 14.9 Å². The summed E-state index contributed by atoms with van der Waals surface area (Å²) in [7, 11) is 0. The van der Waals surface area contributed by atoms with Crippen LogP contribution in [0.25, 0.3) is 6.08 Å². The fourth-order valence-corrected chi connectivity index (χ4v) is 3.50. The number of carboxylic acids is 1. The van der Waals surface area contributed by atoms with E-state index in [-0.39, 0.29) is 11.3 Å². The van der Waals surface area contributed by atoms with E-state index in [1.165, 1.54) is 0 Å². The zero-order chi connectivity index (χ0) is 19.3. The number of aromatic hydroxyl groups is 1. The number of fused-ring (bicyclic) bond motifs is 1. The number of carboxylic acid groups (broad SMARTS) is 1. The SMILES string of the molecule is CCCCCc1cc2c(c(O)c1C(=O)O)C=CC(C)(CCCC(C)C)O2. The summed E-state index contributed by atoms with van der Waals surface area (Å²) in [6.07, 6.45) is 10.5. The molecule has 0 radical (unpaired) electrons. The lowest BCUT2D eigenvalue weighted by Crippen LogP contribution is -2.32. The van der Waals surface area contributed by atoms with Crippen LogP contribution in [0.15, 0.2) is 12.1 Å². The second kappa shape index (κ2) is 8.61. The third-order valence-corrected chi connectivity index (χ3v) is 5.05. The molecule has 0 spiro atoms. The van der Waals surface area contributed by atoms with Crippen LogP contribution in [-0.4, -0.2) is 21.8 Å². The minimum absolute atomic E-state index is 0.0107. The highest BCUT2D eigenvalue weighted by Gasteiger charge is 2.31. The van der Waals surface area contributed by atoms with Crippen LogP contribution in [0, 0.1) is 5.92 Å². The molecule has 1 aliphatic rings. The number of aromatic carboxylic acids is 1. The Kier molecular flexibility index (Phi) is 6.74. The molecule has 1 aromatic rings. The first kappa shape index (κ1) is 20.3. The Morgan fingerprint density at radius 2 is 2.00 bits per heavy atom. The Bertz CT molecular complexity index is 675. The first-order chi connectivity index (χ1) is 12.3. The first-order valence-corrected chi connectivity index (χ1v) is 9.77. The molecule has 4 heteroatoms. The third kappa shape index (κ3) is 4.80. The van der Waals surface area contributed by atoms with E-state index in [2.05, 4.69) is 20.8 Å². The van der Waals surface area contributed by atoms with Crippen LogP contribution < -0.4 is 4.74 Å². The van der Waals surface area contributed by atoms with E-state index in [1.807, 2.05) is 25.1 Å². The summed E-state index contributed by atoms with van der Waals surface area (Å²) in [5.41, 5.74) is 0.723. The quantitative estimate of drug-likeness (QED) is 0.545. The minimum atomic E-state index is -1.09. The molecule has 144 valence electrons. The first-order valence-electron chi connectivity index (χ1n) is 9.77. The number of rotatable bonds is 9. The van der Waals surface area contributed by atoms with E-state index in [0.29, 0.717) is 29.2 Å². The van der Waals surface area contributed by atoms with Crippen LogP contribution in [-0.2, 0) is 6.42 Å². The molecule has 2 N–H and O–H groups in total. The van der Waals surface area contributed by atoms with Crippen molar-refractivity contribution in [2.45, 2.75) is 78.2 Å². The lowest BCUT2D eigenvalue weighted by molar-refractivity contribution is 0.0692. The Balaban J connectivity index is 2.30. The van der Waals surface area contributed by atoms with Gasteiger partial charge in [-0.2, -0.15) is 0 Å². The zero-order valence-electron chi connectivity index (χ0n) is 16.5. The Labute approximate surface area is 156 Å². The van der Waals surface area contributed by atoms with E-state index in [9.17, 15) is 15.0 Å². The lowest BCUT2D eigenvalue weighted by Gasteiger charge is -2.33. The highest BCUT2D eigenvalue weighted by Crippen LogP contribution is 2.42. The summed E-state index contributed by atoms with van der Waals surface area (Å²) >= 11 is 0. The average Bonchev–Trinajstić information content (AvgIpc) is 2.54. The monoisotopic (exact) mass is 360 g/mol. The van der Waals surface area contributed by atoms with Gasteiger partial charge in [0.25, 0.3) is 0 Å². The number of hydrogen-bond donors (Lipinski definition) is 2. The van der Waals surface area contributed by atoms with Crippen molar-refractivity contribution in [3.05, 3.63) is 28.8 Å². The highest BCUT2D eigenvalue weighted by atomic mass is 16.5. The van der Waals surface area contributed by atoms with Gasteiger partial charge in [0.05, 0.1) is 5.56 Å². The van der Waals surface area contributed by atoms with Crippen molar-refractivity contribution in [2.75, 3.05) is 0 Å². The van der Waals surface area contributed by atoms with Gasteiger partial charge in [0, 0.05) is 0 Å². The minimum Gasteiger partial charge on any atom is -0.506 e. The fourth-order valence-electron chi connectivity index (χ4n) is 3.50. The number of ether oxygens (including phenoxy) is 1. The maximum atomic E-state index is 11.7. The molecule has 1 aromatic carbocycles. The van der Waals surface area contributed by atoms with Gasteiger partial charge in [-0.05, 0) is 62.3 Å². The summed E-state index contributed by atoms with van der Waals surface area (Å²) < 4.78 is 6.22. The van der Waals surface area contributed by atoms with Crippen LogP contribution in [0.1, 0.15) is 87.7 Å². The molecule has 0 saturated carbocycles. The molecule has 0 amide bonds. The Hall–Kier alpha value is -1.97. The van der Waals surface area contributed by atoms with Gasteiger partial charge in [0.15, 0.2) is 0 Å². The van der Waals surface area contributed by atoms with Crippen molar-refractivity contribution >= 4 is 12.0 Å². The predicted molar refractivity (Wildman–Crippen MR) is 105 cm³/mol. The van der Waals surface area contributed by atoms with Gasteiger partial charge in [-0.3, -0.25) is 0 Å². The number of unbranched alkanes of at least 4 members (excludes halogenated alkanes) is 2. The van der Waals surface area contributed by atoms with E-state index >= 15 is 0 Å². The van der Waals surface area contributed by atoms with Gasteiger partial charge in [-0.15, -0.1) is 0 Å². The van der Waals surface area contributed by atoms with Crippen molar-refractivity contribution in [2.24, 2.45) is 5.92 Å². The van der Waals surface area contributed by atoms with Gasteiger partial charge in [0.2, 0.25) is 0 Å². The topological polar surface area (TPSA) is 66.8 Å². The summed E-state index contributed by atoms with van der Waals surface area (Å²) in [5, 5.41) is 20.1. The van der Waals surface area contributed by atoms with Crippen LogP contribution >= 0.6 is 0 Å².